The van der Waals surface area contributed by atoms with Crippen LogP contribution in [0.2, 0.25) is 5.02 Å². The number of carbonyl (C=O) groups excluding carboxylic acids is 1. The molecule has 4 rings (SSSR count). The van der Waals surface area contributed by atoms with Crippen molar-refractivity contribution in [2.24, 2.45) is 5.92 Å². The molecule has 0 N–H and O–H groups in total. The number of amides is 1. The zero-order valence-electron chi connectivity index (χ0n) is 20.6. The molecule has 1 aliphatic heterocycles. The van der Waals surface area contributed by atoms with Crippen LogP contribution in [0.4, 0.5) is 5.69 Å². The summed E-state index contributed by atoms with van der Waals surface area (Å²) in [6, 6.07) is 20.7. The number of ether oxygens (including phenoxy) is 1. The lowest BCUT2D eigenvalue weighted by Gasteiger charge is -2.30. The Morgan fingerprint density at radius 3 is 2.19 bits per heavy atom. The third-order valence-corrected chi connectivity index (χ3v) is 8.51. The van der Waals surface area contributed by atoms with E-state index in [1.165, 1.54) is 4.31 Å². The van der Waals surface area contributed by atoms with Gasteiger partial charge in [0.15, 0.2) is 6.61 Å². The minimum Gasteiger partial charge on any atom is -0.484 e. The topological polar surface area (TPSA) is 66.9 Å². The third-order valence-electron chi connectivity index (χ3n) is 6.47. The van der Waals surface area contributed by atoms with Gasteiger partial charge in [-0.1, -0.05) is 48.4 Å². The molecule has 1 aliphatic rings. The fourth-order valence-electron chi connectivity index (χ4n) is 4.11. The van der Waals surface area contributed by atoms with Crippen LogP contribution in [-0.4, -0.2) is 38.9 Å². The number of likely N-dealkylation sites (tertiary alicyclic amines) is 1. The van der Waals surface area contributed by atoms with Crippen molar-refractivity contribution in [2.45, 2.75) is 38.1 Å². The van der Waals surface area contributed by atoms with Gasteiger partial charge < -0.3 is 9.64 Å². The van der Waals surface area contributed by atoms with Crippen molar-refractivity contribution >= 4 is 33.2 Å². The molecule has 1 amide bonds. The first-order valence-electron chi connectivity index (χ1n) is 12.1. The smallest absolute Gasteiger partial charge is 0.264 e. The molecule has 0 spiro atoms. The summed E-state index contributed by atoms with van der Waals surface area (Å²) in [6.45, 7) is 5.74. The van der Waals surface area contributed by atoms with E-state index in [2.05, 4.69) is 6.92 Å². The number of hydrogen-bond donors (Lipinski definition) is 0. The molecule has 3 aromatic carbocycles. The van der Waals surface area contributed by atoms with Crippen LogP contribution in [0.3, 0.4) is 0 Å². The number of anilines is 1. The largest absolute Gasteiger partial charge is 0.484 e. The van der Waals surface area contributed by atoms with E-state index in [9.17, 15) is 13.2 Å². The van der Waals surface area contributed by atoms with Crippen LogP contribution in [0.15, 0.2) is 77.7 Å². The molecule has 3 aromatic rings. The number of benzene rings is 3. The summed E-state index contributed by atoms with van der Waals surface area (Å²) in [5.41, 5.74) is 2.28. The Morgan fingerprint density at radius 2 is 1.58 bits per heavy atom. The van der Waals surface area contributed by atoms with Crippen molar-refractivity contribution in [3.8, 4) is 5.75 Å². The van der Waals surface area contributed by atoms with E-state index < -0.39 is 10.0 Å². The lowest BCUT2D eigenvalue weighted by Crippen LogP contribution is -2.40. The standard InChI is InChI=1S/C28H31ClN2O4S/c1-21-3-13-27(14-4-21)36(33,34)31(19-23-5-7-24(29)8-6-23)25-9-11-26(12-10-25)35-20-28(32)30-17-15-22(2)16-18-30/h3-14,22H,15-20H2,1-2H3. The van der Waals surface area contributed by atoms with Crippen molar-refractivity contribution < 1.29 is 17.9 Å². The maximum Gasteiger partial charge on any atom is 0.264 e. The highest BCUT2D eigenvalue weighted by atomic mass is 35.5. The minimum atomic E-state index is -3.84. The van der Waals surface area contributed by atoms with Crippen molar-refractivity contribution in [1.82, 2.24) is 4.90 Å². The Kier molecular flexibility index (Phi) is 8.21. The number of hydrogen-bond acceptors (Lipinski definition) is 4. The summed E-state index contributed by atoms with van der Waals surface area (Å²) in [5.74, 6) is 1.13. The van der Waals surface area contributed by atoms with Crippen LogP contribution >= 0.6 is 11.6 Å². The fourth-order valence-corrected chi connectivity index (χ4v) is 5.69. The number of nitrogens with zero attached hydrogens (tertiary/aromatic N) is 2. The molecule has 6 nitrogen and oxygen atoms in total. The Balaban J connectivity index is 1.52. The first-order valence-corrected chi connectivity index (χ1v) is 13.9. The van der Waals surface area contributed by atoms with Gasteiger partial charge >= 0.3 is 0 Å². The fraction of sp³-hybridized carbons (Fsp3) is 0.321. The van der Waals surface area contributed by atoms with Crippen LogP contribution in [-0.2, 0) is 21.4 Å². The number of carbonyl (C=O) groups is 1. The van der Waals surface area contributed by atoms with Crippen LogP contribution in [0.5, 0.6) is 5.75 Å². The second kappa shape index (κ2) is 11.4. The van der Waals surface area contributed by atoms with E-state index in [1.54, 1.807) is 60.7 Å². The molecule has 0 unspecified atom stereocenters. The van der Waals surface area contributed by atoms with E-state index in [1.807, 2.05) is 24.0 Å². The lowest BCUT2D eigenvalue weighted by molar-refractivity contribution is -0.134. The molecule has 0 saturated carbocycles. The van der Waals surface area contributed by atoms with Gasteiger partial charge in [-0.25, -0.2) is 8.42 Å². The van der Waals surface area contributed by atoms with Crippen LogP contribution < -0.4 is 9.04 Å². The molecule has 0 radical (unpaired) electrons. The highest BCUT2D eigenvalue weighted by Gasteiger charge is 2.26. The second-order valence-electron chi connectivity index (χ2n) is 9.30. The first kappa shape index (κ1) is 26.0. The second-order valence-corrected chi connectivity index (χ2v) is 11.6. The molecule has 0 aliphatic carbocycles. The van der Waals surface area contributed by atoms with Gasteiger partial charge in [0.1, 0.15) is 5.75 Å². The quantitative estimate of drug-likeness (QED) is 0.378. The molecule has 0 atom stereocenters. The molecular formula is C28H31ClN2O4S. The van der Waals surface area contributed by atoms with Gasteiger partial charge in [0.05, 0.1) is 17.1 Å². The average Bonchev–Trinajstić information content (AvgIpc) is 2.88. The number of sulfonamides is 1. The van der Waals surface area contributed by atoms with Gasteiger partial charge in [0.2, 0.25) is 0 Å². The number of aryl methyl sites for hydroxylation is 1. The summed E-state index contributed by atoms with van der Waals surface area (Å²) in [7, 11) is -3.84. The van der Waals surface area contributed by atoms with E-state index in [0.29, 0.717) is 22.4 Å². The predicted octanol–water partition coefficient (Wildman–Crippen LogP) is 5.68. The Labute approximate surface area is 218 Å². The lowest BCUT2D eigenvalue weighted by atomic mass is 9.99. The molecule has 36 heavy (non-hydrogen) atoms. The Morgan fingerprint density at radius 1 is 0.972 bits per heavy atom. The van der Waals surface area contributed by atoms with Gasteiger partial charge in [-0.05, 0) is 79.8 Å². The molecule has 8 heteroatoms. The van der Waals surface area contributed by atoms with Gasteiger partial charge in [0, 0.05) is 18.1 Å². The summed E-state index contributed by atoms with van der Waals surface area (Å²) in [5, 5.41) is 0.585. The zero-order valence-corrected chi connectivity index (χ0v) is 22.1. The van der Waals surface area contributed by atoms with E-state index in [4.69, 9.17) is 16.3 Å². The normalized spacial score (nSPS) is 14.5. The molecule has 1 heterocycles. The predicted molar refractivity (Wildman–Crippen MR) is 143 cm³/mol. The van der Waals surface area contributed by atoms with Crippen LogP contribution in [0.25, 0.3) is 0 Å². The van der Waals surface area contributed by atoms with Gasteiger partial charge in [-0.15, -0.1) is 0 Å². The molecule has 0 bridgehead atoms. The minimum absolute atomic E-state index is 0.0303. The van der Waals surface area contributed by atoms with Crippen LogP contribution in [0, 0.1) is 12.8 Å². The first-order chi connectivity index (χ1) is 17.2. The SMILES string of the molecule is Cc1ccc(S(=O)(=O)N(Cc2ccc(Cl)cc2)c2ccc(OCC(=O)N3CCC(C)CC3)cc2)cc1. The van der Waals surface area contributed by atoms with E-state index in [-0.39, 0.29) is 24.0 Å². The number of piperidine rings is 1. The molecule has 0 aromatic heterocycles. The molecule has 1 saturated heterocycles. The Bertz CT molecular complexity index is 1270. The van der Waals surface area contributed by atoms with Crippen molar-refractivity contribution in [1.29, 1.82) is 0 Å². The van der Waals surface area contributed by atoms with E-state index in [0.717, 1.165) is 37.1 Å². The monoisotopic (exact) mass is 526 g/mol. The van der Waals surface area contributed by atoms with Crippen molar-refractivity contribution in [3.05, 3.63) is 88.9 Å². The maximum absolute atomic E-state index is 13.6. The third kappa shape index (κ3) is 6.39. The van der Waals surface area contributed by atoms with Crippen LogP contribution in [0.1, 0.15) is 30.9 Å². The molecular weight excluding hydrogens is 496 g/mol. The van der Waals surface area contributed by atoms with Gasteiger partial charge in [-0.2, -0.15) is 0 Å². The van der Waals surface area contributed by atoms with E-state index >= 15 is 0 Å². The molecule has 1 fully saturated rings. The number of rotatable bonds is 8. The zero-order chi connectivity index (χ0) is 25.7. The van der Waals surface area contributed by atoms with Gasteiger partial charge in [0.25, 0.3) is 15.9 Å². The maximum atomic E-state index is 13.6. The van der Waals surface area contributed by atoms with Crippen molar-refractivity contribution in [3.63, 3.8) is 0 Å². The number of halogens is 1. The Hall–Kier alpha value is -3.03. The highest BCUT2D eigenvalue weighted by Crippen LogP contribution is 2.28. The van der Waals surface area contributed by atoms with Crippen molar-refractivity contribution in [2.75, 3.05) is 24.0 Å². The molecule has 190 valence electrons. The average molecular weight is 527 g/mol. The summed E-state index contributed by atoms with van der Waals surface area (Å²) < 4.78 is 34.4. The summed E-state index contributed by atoms with van der Waals surface area (Å²) in [4.78, 5) is 14.6. The van der Waals surface area contributed by atoms with Gasteiger partial charge in [-0.3, -0.25) is 9.10 Å². The highest BCUT2D eigenvalue weighted by molar-refractivity contribution is 7.92. The summed E-state index contributed by atoms with van der Waals surface area (Å²) in [6.07, 6.45) is 2.03. The summed E-state index contributed by atoms with van der Waals surface area (Å²) >= 11 is 6.02.